The molecule has 4 heteroatoms. The molecule has 0 aliphatic heterocycles. The van der Waals surface area contributed by atoms with Crippen molar-refractivity contribution in [3.8, 4) is 0 Å². The van der Waals surface area contributed by atoms with Gasteiger partial charge in [0.1, 0.15) is 17.3 Å². The minimum atomic E-state index is -0.608. The fourth-order valence-electron chi connectivity index (χ4n) is 0.872. The maximum atomic E-state index is 12.9. The molecule has 0 radical (unpaired) electrons. The van der Waals surface area contributed by atoms with E-state index >= 15 is 0 Å². The summed E-state index contributed by atoms with van der Waals surface area (Å²) < 4.78 is 25.8. The molecule has 0 bridgehead atoms. The van der Waals surface area contributed by atoms with Gasteiger partial charge in [-0.3, -0.25) is 0 Å². The lowest BCUT2D eigenvalue weighted by Crippen LogP contribution is -2.02. The highest BCUT2D eigenvalue weighted by Crippen LogP contribution is 2.17. The summed E-state index contributed by atoms with van der Waals surface area (Å²) in [6, 6.07) is 3.69. The van der Waals surface area contributed by atoms with Gasteiger partial charge in [-0.25, -0.2) is 8.78 Å². The molecule has 1 N–H and O–H groups in total. The van der Waals surface area contributed by atoms with Crippen molar-refractivity contribution in [1.29, 1.82) is 0 Å². The predicted molar refractivity (Wildman–Crippen MR) is 49.8 cm³/mol. The van der Waals surface area contributed by atoms with Crippen LogP contribution in [0.4, 0.5) is 14.5 Å². The number of hydrogen-bond donors (Lipinski definition) is 1. The average Bonchev–Trinajstić information content (AvgIpc) is 2.10. The Labute approximate surface area is 80.0 Å². The van der Waals surface area contributed by atoms with Crippen molar-refractivity contribution in [2.45, 2.75) is 0 Å². The van der Waals surface area contributed by atoms with Crippen molar-refractivity contribution in [2.75, 3.05) is 11.9 Å². The predicted octanol–water partition coefficient (Wildman–Crippen LogP) is 3.13. The van der Waals surface area contributed by atoms with Gasteiger partial charge in [-0.2, -0.15) is 0 Å². The van der Waals surface area contributed by atoms with E-state index in [-0.39, 0.29) is 5.69 Å². The highest BCUT2D eigenvalue weighted by atomic mass is 35.5. The lowest BCUT2D eigenvalue weighted by atomic mass is 10.3. The summed E-state index contributed by atoms with van der Waals surface area (Å²) in [6.45, 7) is 0.293. The molecule has 0 saturated heterocycles. The number of nitrogens with one attached hydrogen (secondary N) is 1. The first-order valence-corrected chi connectivity index (χ1v) is 4.12. The minimum Gasteiger partial charge on any atom is -0.377 e. The van der Waals surface area contributed by atoms with Gasteiger partial charge in [0.05, 0.1) is 0 Å². The molecule has 1 aromatic carbocycles. The van der Waals surface area contributed by atoms with Crippen LogP contribution in [0.15, 0.2) is 29.8 Å². The van der Waals surface area contributed by atoms with Crippen molar-refractivity contribution in [2.24, 2.45) is 0 Å². The summed E-state index contributed by atoms with van der Waals surface area (Å²) in [5.74, 6) is -1.22. The van der Waals surface area contributed by atoms with Crippen LogP contribution in [-0.2, 0) is 0 Å². The molecule has 0 heterocycles. The molecule has 0 unspecified atom stereocenters. The summed E-state index contributed by atoms with van der Waals surface area (Å²) >= 11 is 5.24. The van der Waals surface area contributed by atoms with E-state index in [4.69, 9.17) is 11.6 Å². The largest absolute Gasteiger partial charge is 0.377 e. The van der Waals surface area contributed by atoms with Crippen LogP contribution < -0.4 is 5.32 Å². The Kier molecular flexibility index (Phi) is 3.71. The third-order valence-electron chi connectivity index (χ3n) is 1.45. The summed E-state index contributed by atoms with van der Waals surface area (Å²) in [6.07, 6.45) is 1.55. The van der Waals surface area contributed by atoms with Gasteiger partial charge in [-0.1, -0.05) is 23.7 Å². The Morgan fingerprint density at radius 2 is 1.92 bits per heavy atom. The molecule has 0 spiro atoms. The number of halogens is 3. The van der Waals surface area contributed by atoms with Crippen LogP contribution in [0.5, 0.6) is 0 Å². The van der Waals surface area contributed by atoms with Crippen molar-refractivity contribution >= 4 is 17.3 Å². The van der Waals surface area contributed by atoms with Crippen molar-refractivity contribution in [3.05, 3.63) is 41.4 Å². The zero-order chi connectivity index (χ0) is 9.68. The fourth-order valence-corrected chi connectivity index (χ4v) is 0.961. The second kappa shape index (κ2) is 4.82. The van der Waals surface area contributed by atoms with Gasteiger partial charge in [0.2, 0.25) is 0 Å². The summed E-state index contributed by atoms with van der Waals surface area (Å²) in [5, 5.41) is 2.56. The Bertz CT molecular complexity index is 292. The van der Waals surface area contributed by atoms with E-state index < -0.39 is 11.6 Å². The second-order valence-corrected chi connectivity index (χ2v) is 2.59. The number of hydrogen-bond acceptors (Lipinski definition) is 1. The van der Waals surface area contributed by atoms with Crippen molar-refractivity contribution in [3.63, 3.8) is 0 Å². The molecule has 0 amide bonds. The van der Waals surface area contributed by atoms with Crippen molar-refractivity contribution < 1.29 is 8.78 Å². The van der Waals surface area contributed by atoms with Gasteiger partial charge in [0, 0.05) is 12.1 Å². The van der Waals surface area contributed by atoms with E-state index in [1.54, 1.807) is 6.08 Å². The normalized spacial score (nSPS) is 10.7. The third-order valence-corrected chi connectivity index (χ3v) is 1.63. The van der Waals surface area contributed by atoms with E-state index in [0.29, 0.717) is 6.54 Å². The van der Waals surface area contributed by atoms with Crippen LogP contribution in [0.25, 0.3) is 0 Å². The van der Waals surface area contributed by atoms with Crippen molar-refractivity contribution in [1.82, 2.24) is 0 Å². The zero-order valence-electron chi connectivity index (χ0n) is 6.73. The molecule has 13 heavy (non-hydrogen) atoms. The molecule has 0 atom stereocenters. The number of benzene rings is 1. The molecule has 70 valence electrons. The lowest BCUT2D eigenvalue weighted by molar-refractivity contribution is 0.589. The molecule has 1 rings (SSSR count). The maximum Gasteiger partial charge on any atom is 0.149 e. The van der Waals surface area contributed by atoms with Crippen LogP contribution in [-0.4, -0.2) is 6.54 Å². The second-order valence-electron chi connectivity index (χ2n) is 2.34. The van der Waals surface area contributed by atoms with Crippen LogP contribution in [0, 0.1) is 11.6 Å². The highest BCUT2D eigenvalue weighted by Gasteiger charge is 2.05. The molecular weight excluding hydrogens is 196 g/mol. The van der Waals surface area contributed by atoms with Crippen LogP contribution >= 0.6 is 11.6 Å². The molecule has 0 saturated carbocycles. The molecule has 0 aliphatic carbocycles. The molecule has 0 aliphatic rings. The standard InChI is InChI=1S/C9H8ClF2N/c10-5-2-6-13-9-7(11)3-1-4-8(9)12/h1-5,13H,6H2/b5-2+. The van der Waals surface area contributed by atoms with Crippen LogP contribution in [0.3, 0.4) is 0 Å². The smallest absolute Gasteiger partial charge is 0.149 e. The number of rotatable bonds is 3. The molecule has 1 nitrogen and oxygen atoms in total. The summed E-state index contributed by atoms with van der Waals surface area (Å²) in [4.78, 5) is 0. The van der Waals surface area contributed by atoms with Gasteiger partial charge in [0.25, 0.3) is 0 Å². The first kappa shape index (κ1) is 9.99. The summed E-state index contributed by atoms with van der Waals surface area (Å²) in [5.41, 5.74) is 1.16. The van der Waals surface area contributed by atoms with Gasteiger partial charge < -0.3 is 5.32 Å². The van der Waals surface area contributed by atoms with E-state index in [2.05, 4.69) is 5.32 Å². The maximum absolute atomic E-state index is 12.9. The zero-order valence-corrected chi connectivity index (χ0v) is 7.48. The van der Waals surface area contributed by atoms with Crippen LogP contribution in [0.2, 0.25) is 0 Å². The van der Waals surface area contributed by atoms with E-state index in [1.807, 2.05) is 0 Å². The Balaban J connectivity index is 2.75. The third kappa shape index (κ3) is 2.70. The highest BCUT2D eigenvalue weighted by molar-refractivity contribution is 6.25. The lowest BCUT2D eigenvalue weighted by Gasteiger charge is -2.05. The number of anilines is 1. The topological polar surface area (TPSA) is 12.0 Å². The molecule has 0 aromatic heterocycles. The van der Waals surface area contributed by atoms with E-state index in [9.17, 15) is 8.78 Å². The van der Waals surface area contributed by atoms with Gasteiger partial charge in [0.15, 0.2) is 0 Å². The molecule has 1 aromatic rings. The average molecular weight is 204 g/mol. The molecule has 0 fully saturated rings. The monoisotopic (exact) mass is 203 g/mol. The summed E-state index contributed by atoms with van der Waals surface area (Å²) in [7, 11) is 0. The Morgan fingerprint density at radius 1 is 1.31 bits per heavy atom. The van der Waals surface area contributed by atoms with Gasteiger partial charge in [-0.15, -0.1) is 0 Å². The first-order valence-electron chi connectivity index (χ1n) is 3.69. The number of para-hydroxylation sites is 1. The van der Waals surface area contributed by atoms with E-state index in [1.165, 1.54) is 23.7 Å². The first-order chi connectivity index (χ1) is 6.25. The SMILES string of the molecule is Fc1cccc(F)c1NC/C=C/Cl. The van der Waals surface area contributed by atoms with Gasteiger partial charge in [-0.05, 0) is 12.1 Å². The minimum absolute atomic E-state index is 0.128. The Hall–Kier alpha value is -1.09. The quantitative estimate of drug-likeness (QED) is 0.796. The Morgan fingerprint density at radius 3 is 2.46 bits per heavy atom. The molecular formula is C9H8ClF2N. The fraction of sp³-hybridized carbons (Fsp3) is 0.111. The van der Waals surface area contributed by atoms with E-state index in [0.717, 1.165) is 0 Å². The van der Waals surface area contributed by atoms with Crippen LogP contribution in [0.1, 0.15) is 0 Å². The van der Waals surface area contributed by atoms with Gasteiger partial charge >= 0.3 is 0 Å².